The van der Waals surface area contributed by atoms with Crippen molar-refractivity contribution >= 4 is 5.97 Å². The molecule has 0 saturated heterocycles. The summed E-state index contributed by atoms with van der Waals surface area (Å²) in [6.45, 7) is 8.15. The maximum Gasteiger partial charge on any atom is 0.335 e. The lowest BCUT2D eigenvalue weighted by atomic mass is 10.0. The third-order valence-electron chi connectivity index (χ3n) is 3.78. The van der Waals surface area contributed by atoms with Crippen LogP contribution in [0.3, 0.4) is 0 Å². The lowest BCUT2D eigenvalue weighted by Crippen LogP contribution is -2.07. The first-order valence-corrected chi connectivity index (χ1v) is 8.81. The highest BCUT2D eigenvalue weighted by Gasteiger charge is 2.12. The Morgan fingerprint density at radius 1 is 1.09 bits per heavy atom. The van der Waals surface area contributed by atoms with Crippen molar-refractivity contribution < 1.29 is 14.3 Å². The minimum atomic E-state index is -0.459. The molecular formula is C20H30O3. The molecule has 0 aliphatic heterocycles. The van der Waals surface area contributed by atoms with E-state index in [0.29, 0.717) is 18.1 Å². The SMILES string of the molecule is C=CC(=O)Oc1cccc(CCCCCCCCC)c1OCC. The van der Waals surface area contributed by atoms with E-state index in [1.54, 1.807) is 6.07 Å². The molecule has 0 atom stereocenters. The van der Waals surface area contributed by atoms with Gasteiger partial charge in [-0.1, -0.05) is 64.2 Å². The van der Waals surface area contributed by atoms with Crippen molar-refractivity contribution in [2.45, 2.75) is 65.2 Å². The standard InChI is InChI=1S/C20H30O3/c1-4-7-8-9-10-11-12-14-17-15-13-16-18(20(17)22-6-3)23-19(21)5-2/h5,13,15-16H,2,4,6-12,14H2,1,3H3. The Morgan fingerprint density at radius 3 is 2.43 bits per heavy atom. The number of carbonyl (C=O) groups excluding carboxylic acids is 1. The van der Waals surface area contributed by atoms with E-state index < -0.39 is 5.97 Å². The zero-order valence-electron chi connectivity index (χ0n) is 14.6. The van der Waals surface area contributed by atoms with Gasteiger partial charge in [0.05, 0.1) is 6.61 Å². The molecule has 0 aromatic heterocycles. The van der Waals surface area contributed by atoms with Gasteiger partial charge in [0.2, 0.25) is 0 Å². The van der Waals surface area contributed by atoms with Crippen molar-refractivity contribution in [3.05, 3.63) is 36.4 Å². The summed E-state index contributed by atoms with van der Waals surface area (Å²) in [7, 11) is 0. The first-order valence-electron chi connectivity index (χ1n) is 8.81. The lowest BCUT2D eigenvalue weighted by Gasteiger charge is -2.14. The molecule has 0 spiro atoms. The second kappa shape index (κ2) is 11.8. The molecule has 0 heterocycles. The van der Waals surface area contributed by atoms with Gasteiger partial charge in [-0.2, -0.15) is 0 Å². The maximum atomic E-state index is 11.4. The number of carbonyl (C=O) groups is 1. The average Bonchev–Trinajstić information content (AvgIpc) is 2.56. The van der Waals surface area contributed by atoms with Gasteiger partial charge in [-0.15, -0.1) is 0 Å². The van der Waals surface area contributed by atoms with Gasteiger partial charge >= 0.3 is 5.97 Å². The fourth-order valence-electron chi connectivity index (χ4n) is 2.57. The zero-order valence-corrected chi connectivity index (χ0v) is 14.6. The molecule has 0 bridgehead atoms. The number of para-hydroxylation sites is 1. The van der Waals surface area contributed by atoms with Crippen molar-refractivity contribution in [3.63, 3.8) is 0 Å². The second-order valence-corrected chi connectivity index (χ2v) is 5.67. The Morgan fingerprint density at radius 2 is 1.78 bits per heavy atom. The number of benzene rings is 1. The normalized spacial score (nSPS) is 10.3. The summed E-state index contributed by atoms with van der Waals surface area (Å²) in [5.41, 5.74) is 1.11. The minimum Gasteiger partial charge on any atom is -0.490 e. The summed E-state index contributed by atoms with van der Waals surface area (Å²) in [5, 5.41) is 0. The van der Waals surface area contributed by atoms with Crippen LogP contribution >= 0.6 is 0 Å². The number of unbranched alkanes of at least 4 members (excludes halogenated alkanes) is 6. The predicted molar refractivity (Wildman–Crippen MR) is 95.1 cm³/mol. The molecule has 3 heteroatoms. The zero-order chi connectivity index (χ0) is 16.9. The van der Waals surface area contributed by atoms with Crippen molar-refractivity contribution in [1.29, 1.82) is 0 Å². The van der Waals surface area contributed by atoms with Gasteiger partial charge in [-0.3, -0.25) is 0 Å². The number of aryl methyl sites for hydroxylation is 1. The molecule has 23 heavy (non-hydrogen) atoms. The summed E-state index contributed by atoms with van der Waals surface area (Å²) in [6.07, 6.45) is 11.0. The van der Waals surface area contributed by atoms with Crippen LogP contribution in [0.1, 0.15) is 64.4 Å². The third kappa shape index (κ3) is 7.36. The molecular weight excluding hydrogens is 288 g/mol. The van der Waals surface area contributed by atoms with E-state index in [0.717, 1.165) is 18.4 Å². The summed E-state index contributed by atoms with van der Waals surface area (Å²) < 4.78 is 11.0. The Labute approximate surface area is 140 Å². The number of hydrogen-bond donors (Lipinski definition) is 0. The Balaban J connectivity index is 2.57. The highest BCUT2D eigenvalue weighted by molar-refractivity contribution is 5.83. The molecule has 1 aromatic rings. The molecule has 0 amide bonds. The van der Waals surface area contributed by atoms with Gasteiger partial charge in [0.1, 0.15) is 0 Å². The second-order valence-electron chi connectivity index (χ2n) is 5.67. The summed E-state index contributed by atoms with van der Waals surface area (Å²) in [5.74, 6) is 0.715. The van der Waals surface area contributed by atoms with Crippen LogP contribution in [0.15, 0.2) is 30.9 Å². The Hall–Kier alpha value is -1.77. The van der Waals surface area contributed by atoms with Gasteiger partial charge in [0.25, 0.3) is 0 Å². The highest BCUT2D eigenvalue weighted by atomic mass is 16.6. The topological polar surface area (TPSA) is 35.5 Å². The van der Waals surface area contributed by atoms with Crippen LogP contribution in [0.5, 0.6) is 11.5 Å². The van der Waals surface area contributed by atoms with Crippen LogP contribution in [0.2, 0.25) is 0 Å². The number of esters is 1. The van der Waals surface area contributed by atoms with Crippen LogP contribution < -0.4 is 9.47 Å². The van der Waals surface area contributed by atoms with E-state index in [9.17, 15) is 4.79 Å². The molecule has 0 fully saturated rings. The van der Waals surface area contributed by atoms with Gasteiger partial charge in [0, 0.05) is 6.08 Å². The monoisotopic (exact) mass is 318 g/mol. The quantitative estimate of drug-likeness (QED) is 0.222. The molecule has 0 unspecified atom stereocenters. The smallest absolute Gasteiger partial charge is 0.335 e. The number of hydrogen-bond acceptors (Lipinski definition) is 3. The molecule has 0 radical (unpaired) electrons. The molecule has 0 saturated carbocycles. The third-order valence-corrected chi connectivity index (χ3v) is 3.78. The van der Waals surface area contributed by atoms with Crippen molar-refractivity contribution in [2.75, 3.05) is 6.61 Å². The van der Waals surface area contributed by atoms with Gasteiger partial charge < -0.3 is 9.47 Å². The largest absolute Gasteiger partial charge is 0.490 e. The molecule has 0 aliphatic carbocycles. The minimum absolute atomic E-state index is 0.459. The van der Waals surface area contributed by atoms with Gasteiger partial charge in [-0.05, 0) is 31.4 Å². The molecule has 128 valence electrons. The van der Waals surface area contributed by atoms with E-state index in [4.69, 9.17) is 9.47 Å². The van der Waals surface area contributed by atoms with E-state index in [2.05, 4.69) is 13.5 Å². The first-order chi connectivity index (χ1) is 11.2. The van der Waals surface area contributed by atoms with E-state index in [1.165, 1.54) is 44.6 Å². The summed E-state index contributed by atoms with van der Waals surface area (Å²) >= 11 is 0. The average molecular weight is 318 g/mol. The van der Waals surface area contributed by atoms with Crippen LogP contribution in [-0.4, -0.2) is 12.6 Å². The van der Waals surface area contributed by atoms with Crippen LogP contribution in [-0.2, 0) is 11.2 Å². The van der Waals surface area contributed by atoms with E-state index in [1.807, 2.05) is 19.1 Å². The molecule has 1 rings (SSSR count). The first kappa shape index (κ1) is 19.3. The lowest BCUT2D eigenvalue weighted by molar-refractivity contribution is -0.129. The molecule has 1 aromatic carbocycles. The maximum absolute atomic E-state index is 11.4. The Bertz CT molecular complexity index is 480. The van der Waals surface area contributed by atoms with Crippen molar-refractivity contribution in [1.82, 2.24) is 0 Å². The van der Waals surface area contributed by atoms with Crippen LogP contribution in [0, 0.1) is 0 Å². The fraction of sp³-hybridized carbons (Fsp3) is 0.550. The Kier molecular flexibility index (Phi) is 9.85. The van der Waals surface area contributed by atoms with Crippen molar-refractivity contribution in [2.24, 2.45) is 0 Å². The number of rotatable bonds is 12. The predicted octanol–water partition coefficient (Wildman–Crippen LogP) is 5.47. The van der Waals surface area contributed by atoms with Crippen LogP contribution in [0.4, 0.5) is 0 Å². The van der Waals surface area contributed by atoms with Crippen LogP contribution in [0.25, 0.3) is 0 Å². The van der Waals surface area contributed by atoms with E-state index in [-0.39, 0.29) is 0 Å². The molecule has 3 nitrogen and oxygen atoms in total. The van der Waals surface area contributed by atoms with Gasteiger partial charge in [0.15, 0.2) is 11.5 Å². The summed E-state index contributed by atoms with van der Waals surface area (Å²) in [4.78, 5) is 11.4. The molecule has 0 N–H and O–H groups in total. The number of ether oxygens (including phenoxy) is 2. The van der Waals surface area contributed by atoms with Crippen molar-refractivity contribution in [3.8, 4) is 11.5 Å². The fourth-order valence-corrected chi connectivity index (χ4v) is 2.57. The molecule has 0 aliphatic rings. The van der Waals surface area contributed by atoms with Gasteiger partial charge in [-0.25, -0.2) is 4.79 Å². The summed E-state index contributed by atoms with van der Waals surface area (Å²) in [6, 6.07) is 5.72. The van der Waals surface area contributed by atoms with E-state index >= 15 is 0 Å². The highest BCUT2D eigenvalue weighted by Crippen LogP contribution is 2.32.